The van der Waals surface area contributed by atoms with Crippen molar-refractivity contribution in [1.29, 1.82) is 0 Å². The van der Waals surface area contributed by atoms with Crippen molar-refractivity contribution in [3.63, 3.8) is 0 Å². The van der Waals surface area contributed by atoms with Gasteiger partial charge in [0.25, 0.3) is 5.91 Å². The van der Waals surface area contributed by atoms with Crippen LogP contribution in [0.5, 0.6) is 0 Å². The first-order chi connectivity index (χ1) is 12.6. The number of fused-ring (bicyclic) bond motifs is 2. The number of rotatable bonds is 2. The van der Waals surface area contributed by atoms with E-state index in [1.54, 1.807) is 0 Å². The van der Waals surface area contributed by atoms with E-state index in [-0.39, 0.29) is 5.91 Å². The number of aromatic nitrogens is 4. The third kappa shape index (κ3) is 2.48. The Morgan fingerprint density at radius 3 is 2.77 bits per heavy atom. The molecule has 5 rings (SSSR count). The van der Waals surface area contributed by atoms with Gasteiger partial charge in [-0.05, 0) is 44.4 Å². The molecule has 26 heavy (non-hydrogen) atoms. The molecule has 3 heterocycles. The van der Waals surface area contributed by atoms with Gasteiger partial charge in [0.2, 0.25) is 0 Å². The van der Waals surface area contributed by atoms with Gasteiger partial charge in [0.05, 0.1) is 23.3 Å². The van der Waals surface area contributed by atoms with Gasteiger partial charge in [-0.3, -0.25) is 9.78 Å². The van der Waals surface area contributed by atoms with E-state index in [0.717, 1.165) is 51.1 Å². The molecule has 1 aromatic carbocycles. The van der Waals surface area contributed by atoms with Gasteiger partial charge in [0.1, 0.15) is 5.69 Å². The quantitative estimate of drug-likeness (QED) is 0.773. The fourth-order valence-electron chi connectivity index (χ4n) is 3.91. The van der Waals surface area contributed by atoms with Crippen molar-refractivity contribution in [3.05, 3.63) is 52.0 Å². The van der Waals surface area contributed by atoms with E-state index in [4.69, 9.17) is 4.98 Å². The van der Waals surface area contributed by atoms with E-state index in [0.29, 0.717) is 19.0 Å². The van der Waals surface area contributed by atoms with Crippen molar-refractivity contribution in [1.82, 2.24) is 25.3 Å². The summed E-state index contributed by atoms with van der Waals surface area (Å²) in [5, 5.41) is 12.0. The molecule has 1 amide bonds. The summed E-state index contributed by atoms with van der Waals surface area (Å²) in [5.41, 5.74) is 6.93. The second-order valence-corrected chi connectivity index (χ2v) is 7.54. The summed E-state index contributed by atoms with van der Waals surface area (Å²) in [6, 6.07) is 6.26. The lowest BCUT2D eigenvalue weighted by Crippen LogP contribution is -2.36. The predicted molar refractivity (Wildman–Crippen MR) is 98.0 cm³/mol. The minimum Gasteiger partial charge on any atom is -0.332 e. The summed E-state index contributed by atoms with van der Waals surface area (Å²) in [7, 11) is 0. The lowest BCUT2D eigenvalue weighted by atomic mass is 9.99. The normalized spacial score (nSPS) is 16.8. The van der Waals surface area contributed by atoms with Crippen LogP contribution in [0.2, 0.25) is 0 Å². The van der Waals surface area contributed by atoms with Gasteiger partial charge in [-0.2, -0.15) is 15.4 Å². The average molecular weight is 347 g/mol. The number of aryl methyl sites for hydroxylation is 2. The number of H-pyrrole nitrogens is 1. The highest BCUT2D eigenvalue weighted by Crippen LogP contribution is 2.40. The number of benzene rings is 1. The Labute approximate surface area is 151 Å². The van der Waals surface area contributed by atoms with Crippen LogP contribution in [0.4, 0.5) is 0 Å². The largest absolute Gasteiger partial charge is 0.332 e. The first-order valence-corrected chi connectivity index (χ1v) is 9.20. The fourth-order valence-corrected chi connectivity index (χ4v) is 3.91. The van der Waals surface area contributed by atoms with Crippen LogP contribution in [-0.4, -0.2) is 37.7 Å². The van der Waals surface area contributed by atoms with Crippen LogP contribution in [-0.2, 0) is 13.0 Å². The molecule has 0 saturated heterocycles. The Bertz CT molecular complexity index is 1030. The van der Waals surface area contributed by atoms with Crippen LogP contribution in [0.3, 0.4) is 0 Å². The minimum atomic E-state index is 0.0675. The standard InChI is InChI=1S/C20H21N5O/c1-11-7-12(2)19-14(8-11)15(9-17(21-19)13-3-4-13)20(26)25-6-5-16-18(10-25)23-24-22-16/h7-9,13H,3-6,10H2,1-2H3,(H,22,23,24). The highest BCUT2D eigenvalue weighted by molar-refractivity contribution is 6.07. The van der Waals surface area contributed by atoms with E-state index in [2.05, 4.69) is 41.4 Å². The smallest absolute Gasteiger partial charge is 0.254 e. The molecule has 1 N–H and O–H groups in total. The molecule has 0 spiro atoms. The zero-order valence-electron chi connectivity index (χ0n) is 15.0. The van der Waals surface area contributed by atoms with Crippen molar-refractivity contribution in [2.24, 2.45) is 0 Å². The van der Waals surface area contributed by atoms with Gasteiger partial charge in [0.15, 0.2) is 0 Å². The number of carbonyl (C=O) groups is 1. The second kappa shape index (κ2) is 5.62. The zero-order chi connectivity index (χ0) is 17.8. The number of aromatic amines is 1. The maximum absolute atomic E-state index is 13.4. The molecule has 3 aromatic rings. The van der Waals surface area contributed by atoms with Crippen molar-refractivity contribution in [2.75, 3.05) is 6.54 Å². The van der Waals surface area contributed by atoms with Crippen LogP contribution in [0.1, 0.15) is 57.3 Å². The summed E-state index contributed by atoms with van der Waals surface area (Å²) < 4.78 is 0. The monoisotopic (exact) mass is 347 g/mol. The lowest BCUT2D eigenvalue weighted by molar-refractivity contribution is 0.0733. The number of carbonyl (C=O) groups excluding carboxylic acids is 1. The van der Waals surface area contributed by atoms with Crippen LogP contribution in [0.25, 0.3) is 10.9 Å². The van der Waals surface area contributed by atoms with E-state index < -0.39 is 0 Å². The summed E-state index contributed by atoms with van der Waals surface area (Å²) in [4.78, 5) is 20.2. The van der Waals surface area contributed by atoms with Crippen LogP contribution >= 0.6 is 0 Å². The number of nitrogens with one attached hydrogen (secondary N) is 1. The van der Waals surface area contributed by atoms with Gasteiger partial charge in [-0.25, -0.2) is 0 Å². The Hall–Kier alpha value is -2.76. The van der Waals surface area contributed by atoms with E-state index >= 15 is 0 Å². The molecule has 1 saturated carbocycles. The molecule has 0 atom stereocenters. The van der Waals surface area contributed by atoms with Crippen molar-refractivity contribution < 1.29 is 4.79 Å². The number of hydrogen-bond donors (Lipinski definition) is 1. The Kier molecular flexibility index (Phi) is 3.35. The molecular weight excluding hydrogens is 326 g/mol. The Morgan fingerprint density at radius 2 is 1.96 bits per heavy atom. The van der Waals surface area contributed by atoms with E-state index in [1.807, 2.05) is 11.0 Å². The van der Waals surface area contributed by atoms with Gasteiger partial charge in [-0.1, -0.05) is 11.6 Å². The maximum Gasteiger partial charge on any atom is 0.254 e. The van der Waals surface area contributed by atoms with Crippen LogP contribution in [0, 0.1) is 13.8 Å². The molecular formula is C20H21N5O. The molecule has 2 aliphatic rings. The molecule has 0 radical (unpaired) electrons. The molecule has 6 heteroatoms. The molecule has 132 valence electrons. The first-order valence-electron chi connectivity index (χ1n) is 9.20. The zero-order valence-corrected chi connectivity index (χ0v) is 15.0. The van der Waals surface area contributed by atoms with Crippen molar-refractivity contribution in [2.45, 2.75) is 45.6 Å². The average Bonchev–Trinajstić information content (AvgIpc) is 3.37. The van der Waals surface area contributed by atoms with E-state index in [9.17, 15) is 4.79 Å². The summed E-state index contributed by atoms with van der Waals surface area (Å²) in [5.74, 6) is 0.577. The molecule has 1 fully saturated rings. The van der Waals surface area contributed by atoms with Crippen LogP contribution < -0.4 is 0 Å². The molecule has 2 aromatic heterocycles. The molecule has 1 aliphatic carbocycles. The Balaban J connectivity index is 1.62. The van der Waals surface area contributed by atoms with E-state index in [1.165, 1.54) is 12.8 Å². The third-order valence-corrected chi connectivity index (χ3v) is 5.44. The molecule has 0 unspecified atom stereocenters. The summed E-state index contributed by atoms with van der Waals surface area (Å²) in [6.45, 7) is 5.33. The Morgan fingerprint density at radius 1 is 1.15 bits per heavy atom. The number of pyridine rings is 1. The second-order valence-electron chi connectivity index (χ2n) is 7.54. The lowest BCUT2D eigenvalue weighted by Gasteiger charge is -2.26. The first kappa shape index (κ1) is 15.5. The SMILES string of the molecule is Cc1cc(C)c2nc(C3CC3)cc(C(=O)N3CCc4n[nH]nc4C3)c2c1. The molecule has 1 aliphatic heterocycles. The van der Waals surface area contributed by atoms with Gasteiger partial charge >= 0.3 is 0 Å². The third-order valence-electron chi connectivity index (χ3n) is 5.44. The van der Waals surface area contributed by atoms with Gasteiger partial charge in [0, 0.05) is 30.0 Å². The summed E-state index contributed by atoms with van der Waals surface area (Å²) in [6.07, 6.45) is 3.08. The van der Waals surface area contributed by atoms with Gasteiger partial charge < -0.3 is 4.90 Å². The van der Waals surface area contributed by atoms with Crippen molar-refractivity contribution in [3.8, 4) is 0 Å². The topological polar surface area (TPSA) is 74.8 Å². The number of nitrogens with zero attached hydrogens (tertiary/aromatic N) is 4. The predicted octanol–water partition coefficient (Wildman–Crippen LogP) is 3.05. The highest BCUT2D eigenvalue weighted by Gasteiger charge is 2.30. The fraction of sp³-hybridized carbons (Fsp3) is 0.400. The van der Waals surface area contributed by atoms with Gasteiger partial charge in [-0.15, -0.1) is 0 Å². The molecule has 6 nitrogen and oxygen atoms in total. The number of amides is 1. The van der Waals surface area contributed by atoms with Crippen molar-refractivity contribution >= 4 is 16.8 Å². The maximum atomic E-state index is 13.4. The van der Waals surface area contributed by atoms with Crippen LogP contribution in [0.15, 0.2) is 18.2 Å². The molecule has 0 bridgehead atoms. The highest BCUT2D eigenvalue weighted by atomic mass is 16.2. The number of hydrogen-bond acceptors (Lipinski definition) is 4. The summed E-state index contributed by atoms with van der Waals surface area (Å²) >= 11 is 0. The minimum absolute atomic E-state index is 0.0675.